The molecule has 0 fully saturated rings. The number of aromatic nitrogens is 1. The third-order valence-electron chi connectivity index (χ3n) is 4.61. The number of carbonyl (C=O) groups excluding carboxylic acids is 2. The van der Waals surface area contributed by atoms with Crippen LogP contribution < -0.4 is 5.32 Å². The van der Waals surface area contributed by atoms with Crippen molar-refractivity contribution in [1.82, 2.24) is 4.98 Å². The van der Waals surface area contributed by atoms with Gasteiger partial charge in [0.25, 0.3) is 11.6 Å². The van der Waals surface area contributed by atoms with Crippen molar-refractivity contribution in [2.45, 2.75) is 6.92 Å². The lowest BCUT2D eigenvalue weighted by Gasteiger charge is -2.06. The smallest absolute Gasteiger partial charge is 0.342 e. The highest BCUT2D eigenvalue weighted by atomic mass is 35.5. The van der Waals surface area contributed by atoms with E-state index in [1.807, 2.05) is 24.3 Å². The standard InChI is InChI=1S/C21H14ClN3O6S/c1-10-16(21(27)30-2)17(20-23-14-5-3-4-6-15(14)32-20)19(31-10)24-18(26)12-9-11(25(28)29)7-8-13(12)22/h3-9H,1-2H3,(H,24,26). The van der Waals surface area contributed by atoms with Gasteiger partial charge in [0.05, 0.1) is 38.4 Å². The summed E-state index contributed by atoms with van der Waals surface area (Å²) >= 11 is 7.39. The molecule has 0 bridgehead atoms. The van der Waals surface area contributed by atoms with Crippen LogP contribution in [0.1, 0.15) is 26.5 Å². The van der Waals surface area contributed by atoms with E-state index in [0.717, 1.165) is 10.8 Å². The Morgan fingerprint density at radius 2 is 2.00 bits per heavy atom. The van der Waals surface area contributed by atoms with Gasteiger partial charge in [-0.25, -0.2) is 9.78 Å². The topological polar surface area (TPSA) is 125 Å². The Morgan fingerprint density at radius 1 is 1.25 bits per heavy atom. The highest BCUT2D eigenvalue weighted by molar-refractivity contribution is 7.21. The van der Waals surface area contributed by atoms with Crippen molar-refractivity contribution in [2.24, 2.45) is 0 Å². The number of thiazole rings is 1. The summed E-state index contributed by atoms with van der Waals surface area (Å²) in [4.78, 5) is 40.4. The van der Waals surface area contributed by atoms with Gasteiger partial charge < -0.3 is 9.15 Å². The van der Waals surface area contributed by atoms with E-state index in [-0.39, 0.29) is 39.0 Å². The third kappa shape index (κ3) is 3.81. The average Bonchev–Trinajstić information content (AvgIpc) is 3.33. The summed E-state index contributed by atoms with van der Waals surface area (Å²) in [6.45, 7) is 1.55. The number of esters is 1. The number of ether oxygens (including phenoxy) is 1. The highest BCUT2D eigenvalue weighted by Crippen LogP contribution is 2.41. The zero-order chi connectivity index (χ0) is 23.0. The van der Waals surface area contributed by atoms with E-state index in [1.54, 1.807) is 6.92 Å². The van der Waals surface area contributed by atoms with Crippen molar-refractivity contribution in [1.29, 1.82) is 0 Å². The zero-order valence-corrected chi connectivity index (χ0v) is 18.2. The number of nitro benzene ring substituents is 1. The fourth-order valence-corrected chi connectivity index (χ4v) is 4.35. The first-order valence-electron chi connectivity index (χ1n) is 9.13. The Morgan fingerprint density at radius 3 is 2.69 bits per heavy atom. The molecule has 0 saturated carbocycles. The molecule has 0 aliphatic carbocycles. The van der Waals surface area contributed by atoms with Crippen molar-refractivity contribution in [3.8, 4) is 10.6 Å². The molecule has 9 nitrogen and oxygen atoms in total. The molecule has 0 atom stereocenters. The van der Waals surface area contributed by atoms with Crippen LogP contribution in [0.5, 0.6) is 0 Å². The first kappa shape index (κ1) is 21.5. The number of carbonyl (C=O) groups is 2. The van der Waals surface area contributed by atoms with Crippen LogP contribution in [-0.2, 0) is 4.74 Å². The summed E-state index contributed by atoms with van der Waals surface area (Å²) in [7, 11) is 1.23. The van der Waals surface area contributed by atoms with E-state index in [9.17, 15) is 19.7 Å². The summed E-state index contributed by atoms with van der Waals surface area (Å²) in [5.74, 6) is -1.23. The first-order valence-corrected chi connectivity index (χ1v) is 10.3. The maximum Gasteiger partial charge on any atom is 0.342 e. The lowest BCUT2D eigenvalue weighted by Crippen LogP contribution is -2.13. The Labute approximate surface area is 189 Å². The first-order chi connectivity index (χ1) is 15.3. The molecule has 1 N–H and O–H groups in total. The molecule has 0 aliphatic heterocycles. The number of nitrogens with zero attached hydrogens (tertiary/aromatic N) is 2. The van der Waals surface area contributed by atoms with Gasteiger partial charge in [-0.05, 0) is 25.1 Å². The fraction of sp³-hybridized carbons (Fsp3) is 0.0952. The van der Waals surface area contributed by atoms with Crippen molar-refractivity contribution in [3.63, 3.8) is 0 Å². The summed E-state index contributed by atoms with van der Waals surface area (Å²) in [6, 6.07) is 10.9. The number of nitro groups is 1. The molecule has 4 aromatic rings. The predicted molar refractivity (Wildman–Crippen MR) is 119 cm³/mol. The molecule has 0 unspecified atom stereocenters. The fourth-order valence-electron chi connectivity index (χ4n) is 3.14. The van der Waals surface area contributed by atoms with Crippen molar-refractivity contribution >= 4 is 56.6 Å². The molecular formula is C21H14ClN3O6S. The summed E-state index contributed by atoms with van der Waals surface area (Å²) in [6.07, 6.45) is 0. The van der Waals surface area contributed by atoms with Gasteiger partial charge in [0.1, 0.15) is 16.3 Å². The van der Waals surface area contributed by atoms with E-state index in [0.29, 0.717) is 10.5 Å². The summed E-state index contributed by atoms with van der Waals surface area (Å²) in [5, 5.41) is 14.1. The summed E-state index contributed by atoms with van der Waals surface area (Å²) in [5.41, 5.74) is 0.667. The number of nitrogens with one attached hydrogen (secondary N) is 1. The number of aryl methyl sites for hydroxylation is 1. The Bertz CT molecular complexity index is 1360. The lowest BCUT2D eigenvalue weighted by molar-refractivity contribution is -0.384. The van der Waals surface area contributed by atoms with Gasteiger partial charge in [-0.15, -0.1) is 11.3 Å². The van der Waals surface area contributed by atoms with Crippen LogP contribution in [0.15, 0.2) is 46.9 Å². The molecule has 0 spiro atoms. The largest absolute Gasteiger partial charge is 0.465 e. The monoisotopic (exact) mass is 471 g/mol. The number of methoxy groups -OCH3 is 1. The van der Waals surface area contributed by atoms with Gasteiger partial charge in [-0.2, -0.15) is 0 Å². The molecule has 2 aromatic carbocycles. The second kappa shape index (κ2) is 8.40. The molecule has 4 rings (SSSR count). The number of fused-ring (bicyclic) bond motifs is 1. The van der Waals surface area contributed by atoms with Crippen LogP contribution in [0.2, 0.25) is 5.02 Å². The molecule has 2 heterocycles. The molecule has 2 aromatic heterocycles. The molecule has 32 heavy (non-hydrogen) atoms. The molecule has 0 radical (unpaired) electrons. The number of para-hydroxylation sites is 1. The average molecular weight is 472 g/mol. The van der Waals surface area contributed by atoms with E-state index >= 15 is 0 Å². The van der Waals surface area contributed by atoms with Crippen molar-refractivity contribution in [2.75, 3.05) is 12.4 Å². The Balaban J connectivity index is 1.83. The number of anilines is 1. The number of furan rings is 1. The Kier molecular flexibility index (Phi) is 5.64. The maximum atomic E-state index is 12.9. The second-order valence-electron chi connectivity index (χ2n) is 6.59. The van der Waals surface area contributed by atoms with Crippen LogP contribution in [0.25, 0.3) is 20.8 Å². The normalized spacial score (nSPS) is 10.8. The quantitative estimate of drug-likeness (QED) is 0.232. The number of halogens is 1. The SMILES string of the molecule is COC(=O)c1c(C)oc(NC(=O)c2cc([N+](=O)[O-])ccc2Cl)c1-c1nc2ccccc2s1. The van der Waals surface area contributed by atoms with Gasteiger partial charge in [-0.3, -0.25) is 20.2 Å². The predicted octanol–water partition coefficient (Wildman–Crippen LogP) is 5.47. The van der Waals surface area contributed by atoms with Gasteiger partial charge in [0.15, 0.2) is 0 Å². The molecule has 0 aliphatic rings. The van der Waals surface area contributed by atoms with Crippen LogP contribution in [0.4, 0.5) is 11.6 Å². The number of hydrogen-bond acceptors (Lipinski definition) is 8. The maximum absolute atomic E-state index is 12.9. The number of benzene rings is 2. The molecule has 11 heteroatoms. The van der Waals surface area contributed by atoms with Gasteiger partial charge >= 0.3 is 5.97 Å². The number of rotatable bonds is 5. The Hall–Kier alpha value is -3.76. The third-order valence-corrected chi connectivity index (χ3v) is 6.00. The minimum Gasteiger partial charge on any atom is -0.465 e. The van der Waals surface area contributed by atoms with E-state index < -0.39 is 16.8 Å². The van der Waals surface area contributed by atoms with Crippen LogP contribution in [-0.4, -0.2) is 28.9 Å². The van der Waals surface area contributed by atoms with Crippen LogP contribution in [0, 0.1) is 17.0 Å². The molecule has 162 valence electrons. The number of hydrogen-bond donors (Lipinski definition) is 1. The summed E-state index contributed by atoms with van der Waals surface area (Å²) < 4.78 is 11.4. The van der Waals surface area contributed by atoms with Crippen molar-refractivity contribution in [3.05, 3.63) is 74.5 Å². The van der Waals surface area contributed by atoms with E-state index in [2.05, 4.69) is 10.3 Å². The molecule has 0 saturated heterocycles. The molecule has 1 amide bonds. The lowest BCUT2D eigenvalue weighted by atomic mass is 10.1. The zero-order valence-electron chi connectivity index (χ0n) is 16.7. The second-order valence-corrected chi connectivity index (χ2v) is 8.03. The minimum atomic E-state index is -0.744. The van der Waals surface area contributed by atoms with Crippen LogP contribution in [0.3, 0.4) is 0 Å². The number of amides is 1. The molecular weight excluding hydrogens is 458 g/mol. The highest BCUT2D eigenvalue weighted by Gasteiger charge is 2.29. The van der Waals surface area contributed by atoms with Gasteiger partial charge in [0, 0.05) is 12.1 Å². The van der Waals surface area contributed by atoms with Crippen molar-refractivity contribution < 1.29 is 23.7 Å². The van der Waals surface area contributed by atoms with Gasteiger partial charge in [0.2, 0.25) is 5.88 Å². The number of non-ortho nitro benzene ring substituents is 1. The minimum absolute atomic E-state index is 0.0195. The van der Waals surface area contributed by atoms with Crippen LogP contribution >= 0.6 is 22.9 Å². The van der Waals surface area contributed by atoms with E-state index in [1.165, 1.54) is 30.6 Å². The van der Waals surface area contributed by atoms with Gasteiger partial charge in [-0.1, -0.05) is 23.7 Å². The van der Waals surface area contributed by atoms with E-state index in [4.69, 9.17) is 20.8 Å².